The fourth-order valence-electron chi connectivity index (χ4n) is 1.96. The Morgan fingerprint density at radius 2 is 1.88 bits per heavy atom. The first-order valence-corrected chi connectivity index (χ1v) is 5.95. The summed E-state index contributed by atoms with van der Waals surface area (Å²) >= 11 is 0. The minimum atomic E-state index is 0.134. The van der Waals surface area contributed by atoms with Crippen LogP contribution in [0.25, 0.3) is 0 Å². The van der Waals surface area contributed by atoms with Gasteiger partial charge >= 0.3 is 0 Å². The molecule has 3 nitrogen and oxygen atoms in total. The second-order valence-electron chi connectivity index (χ2n) is 4.16. The Bertz CT molecular complexity index is 363. The van der Waals surface area contributed by atoms with Gasteiger partial charge in [-0.25, -0.2) is 0 Å². The Kier molecular flexibility index (Phi) is 3.94. The van der Waals surface area contributed by atoms with Crippen LogP contribution in [0.5, 0.6) is 0 Å². The van der Waals surface area contributed by atoms with Gasteiger partial charge in [-0.15, -0.1) is 0 Å². The number of fused-ring (bicyclic) bond motifs is 1. The maximum Gasteiger partial charge on any atom is 0.224 e. The van der Waals surface area contributed by atoms with Crippen molar-refractivity contribution in [2.75, 3.05) is 18.4 Å². The highest BCUT2D eigenvalue weighted by Crippen LogP contribution is 2.16. The fourth-order valence-corrected chi connectivity index (χ4v) is 1.96. The summed E-state index contributed by atoms with van der Waals surface area (Å²) in [5.41, 5.74) is 2.18. The Hall–Kier alpha value is -1.35. The smallest absolute Gasteiger partial charge is 0.224 e. The van der Waals surface area contributed by atoms with Crippen molar-refractivity contribution in [1.29, 1.82) is 0 Å². The molecule has 0 radical (unpaired) electrons. The van der Waals surface area contributed by atoms with Gasteiger partial charge in [0.2, 0.25) is 5.91 Å². The van der Waals surface area contributed by atoms with Crippen LogP contribution in [0.15, 0.2) is 24.3 Å². The Morgan fingerprint density at radius 3 is 2.81 bits per heavy atom. The van der Waals surface area contributed by atoms with Crippen molar-refractivity contribution in [3.05, 3.63) is 29.8 Å². The molecule has 1 aromatic carbocycles. The number of anilines is 1. The van der Waals surface area contributed by atoms with E-state index in [1.807, 2.05) is 18.2 Å². The number of carbonyl (C=O) groups is 1. The quantitative estimate of drug-likeness (QED) is 0.698. The number of carbonyl (C=O) groups excluding carboxylic acids is 1. The number of hydrogen-bond donors (Lipinski definition) is 2. The summed E-state index contributed by atoms with van der Waals surface area (Å²) < 4.78 is 0. The van der Waals surface area contributed by atoms with Gasteiger partial charge in [-0.2, -0.15) is 0 Å². The van der Waals surface area contributed by atoms with Crippen LogP contribution in [0.2, 0.25) is 0 Å². The molecule has 0 aliphatic carbocycles. The van der Waals surface area contributed by atoms with E-state index in [0.29, 0.717) is 6.42 Å². The Morgan fingerprint density at radius 1 is 1.00 bits per heavy atom. The van der Waals surface area contributed by atoms with E-state index >= 15 is 0 Å². The molecule has 2 N–H and O–H groups in total. The van der Waals surface area contributed by atoms with Crippen LogP contribution in [0.4, 0.5) is 5.69 Å². The zero-order chi connectivity index (χ0) is 11.2. The maximum atomic E-state index is 11.6. The molecule has 0 saturated carbocycles. The molecule has 3 heteroatoms. The van der Waals surface area contributed by atoms with Crippen LogP contribution in [0.3, 0.4) is 0 Å². The van der Waals surface area contributed by atoms with Gasteiger partial charge in [0.1, 0.15) is 0 Å². The highest BCUT2D eigenvalue weighted by Gasteiger charge is 2.07. The lowest BCUT2D eigenvalue weighted by Gasteiger charge is -2.09. The van der Waals surface area contributed by atoms with Crippen molar-refractivity contribution in [1.82, 2.24) is 5.32 Å². The monoisotopic (exact) mass is 218 g/mol. The lowest BCUT2D eigenvalue weighted by molar-refractivity contribution is -0.116. The van der Waals surface area contributed by atoms with Gasteiger partial charge in [-0.05, 0) is 44.0 Å². The van der Waals surface area contributed by atoms with E-state index in [0.717, 1.165) is 38.0 Å². The molecule has 16 heavy (non-hydrogen) atoms. The van der Waals surface area contributed by atoms with Crippen molar-refractivity contribution in [2.24, 2.45) is 0 Å². The van der Waals surface area contributed by atoms with E-state index in [4.69, 9.17) is 0 Å². The second kappa shape index (κ2) is 5.66. The van der Waals surface area contributed by atoms with Gasteiger partial charge in [0.05, 0.1) is 0 Å². The molecular weight excluding hydrogens is 200 g/mol. The Balaban J connectivity index is 2.14. The summed E-state index contributed by atoms with van der Waals surface area (Å²) in [5.74, 6) is 0.134. The zero-order valence-corrected chi connectivity index (χ0v) is 9.46. The Labute approximate surface area is 96.2 Å². The molecule has 0 bridgehead atoms. The minimum Gasteiger partial charge on any atom is -0.326 e. The topological polar surface area (TPSA) is 41.1 Å². The molecule has 86 valence electrons. The highest BCUT2D eigenvalue weighted by molar-refractivity contribution is 5.91. The first-order valence-electron chi connectivity index (χ1n) is 5.95. The van der Waals surface area contributed by atoms with Gasteiger partial charge in [0, 0.05) is 12.1 Å². The summed E-state index contributed by atoms with van der Waals surface area (Å²) in [6.45, 7) is 1.99. The van der Waals surface area contributed by atoms with Crippen molar-refractivity contribution >= 4 is 11.6 Å². The predicted octanol–water partition coefficient (Wildman–Crippen LogP) is 1.94. The van der Waals surface area contributed by atoms with Crippen LogP contribution >= 0.6 is 0 Å². The number of nitrogens with one attached hydrogen (secondary N) is 2. The average molecular weight is 218 g/mol. The van der Waals surface area contributed by atoms with Gasteiger partial charge in [0.15, 0.2) is 0 Å². The van der Waals surface area contributed by atoms with Crippen molar-refractivity contribution < 1.29 is 4.79 Å². The number of benzene rings is 1. The standard InChI is InChI=1S/C13H18N2O/c16-13-7-3-4-9-14-10-8-11-5-1-2-6-12(11)15-13/h1-2,5-6,14H,3-4,7-10H2,(H,15,16). The van der Waals surface area contributed by atoms with Crippen molar-refractivity contribution in [2.45, 2.75) is 25.7 Å². The SMILES string of the molecule is O=C1CCCCNCCc2ccccc2N1. The molecular formula is C13H18N2O. The molecule has 0 saturated heterocycles. The summed E-state index contributed by atoms with van der Waals surface area (Å²) in [6, 6.07) is 8.04. The molecule has 0 fully saturated rings. The van der Waals surface area contributed by atoms with Crippen LogP contribution in [-0.4, -0.2) is 19.0 Å². The molecule has 1 heterocycles. The lowest BCUT2D eigenvalue weighted by atomic mass is 10.1. The minimum absolute atomic E-state index is 0.134. The third-order valence-electron chi connectivity index (χ3n) is 2.87. The van der Waals surface area contributed by atoms with Crippen LogP contribution in [-0.2, 0) is 11.2 Å². The first kappa shape index (κ1) is 11.1. The summed E-state index contributed by atoms with van der Waals surface area (Å²) in [4.78, 5) is 11.6. The molecule has 0 aromatic heterocycles. The predicted molar refractivity (Wildman–Crippen MR) is 65.5 cm³/mol. The molecule has 0 spiro atoms. The van der Waals surface area contributed by atoms with E-state index in [2.05, 4.69) is 16.7 Å². The van der Waals surface area contributed by atoms with Crippen LogP contribution in [0.1, 0.15) is 24.8 Å². The maximum absolute atomic E-state index is 11.6. The van der Waals surface area contributed by atoms with Gasteiger partial charge < -0.3 is 10.6 Å². The molecule has 0 unspecified atom stereocenters. The van der Waals surface area contributed by atoms with E-state index in [1.54, 1.807) is 0 Å². The number of amides is 1. The normalized spacial score (nSPS) is 18.1. The van der Waals surface area contributed by atoms with Gasteiger partial charge in [0.25, 0.3) is 0 Å². The number of hydrogen-bond acceptors (Lipinski definition) is 2. The molecule has 0 atom stereocenters. The molecule has 1 amide bonds. The van der Waals surface area contributed by atoms with Crippen LogP contribution < -0.4 is 10.6 Å². The summed E-state index contributed by atoms with van der Waals surface area (Å²) in [6.07, 6.45) is 3.62. The number of para-hydroxylation sites is 1. The number of rotatable bonds is 0. The van der Waals surface area contributed by atoms with Gasteiger partial charge in [-0.3, -0.25) is 4.79 Å². The molecule has 1 aromatic rings. The molecule has 1 aliphatic heterocycles. The highest BCUT2D eigenvalue weighted by atomic mass is 16.1. The zero-order valence-electron chi connectivity index (χ0n) is 9.46. The summed E-state index contributed by atoms with van der Waals surface area (Å²) in [7, 11) is 0. The fraction of sp³-hybridized carbons (Fsp3) is 0.462. The lowest BCUT2D eigenvalue weighted by Crippen LogP contribution is -2.18. The third-order valence-corrected chi connectivity index (χ3v) is 2.87. The van der Waals surface area contributed by atoms with E-state index in [-0.39, 0.29) is 5.91 Å². The van der Waals surface area contributed by atoms with Crippen molar-refractivity contribution in [3.8, 4) is 0 Å². The molecule has 1 aliphatic rings. The second-order valence-corrected chi connectivity index (χ2v) is 4.16. The largest absolute Gasteiger partial charge is 0.326 e. The van der Waals surface area contributed by atoms with E-state index in [1.165, 1.54) is 5.56 Å². The van der Waals surface area contributed by atoms with E-state index in [9.17, 15) is 4.79 Å². The van der Waals surface area contributed by atoms with Crippen molar-refractivity contribution in [3.63, 3.8) is 0 Å². The van der Waals surface area contributed by atoms with E-state index < -0.39 is 0 Å². The first-order chi connectivity index (χ1) is 7.86. The van der Waals surface area contributed by atoms with Crippen LogP contribution in [0, 0.1) is 0 Å². The third kappa shape index (κ3) is 3.07. The van der Waals surface area contributed by atoms with Gasteiger partial charge in [-0.1, -0.05) is 18.2 Å². The molecule has 2 rings (SSSR count). The summed E-state index contributed by atoms with van der Waals surface area (Å²) in [5, 5.41) is 6.39. The average Bonchev–Trinajstić information content (AvgIpc) is 2.33.